The van der Waals surface area contributed by atoms with Crippen LogP contribution in [0.15, 0.2) is 48.5 Å². The number of carbonyl (C=O) groups excluding carboxylic acids is 1. The topological polar surface area (TPSA) is 75.5 Å². The second kappa shape index (κ2) is 6.70. The maximum Gasteiger partial charge on any atom is 0.293 e. The predicted molar refractivity (Wildman–Crippen MR) is 92.1 cm³/mol. The second-order valence-electron chi connectivity index (χ2n) is 6.05. The molecule has 3 rings (SSSR count). The van der Waals surface area contributed by atoms with Crippen LogP contribution in [-0.4, -0.2) is 23.9 Å². The van der Waals surface area contributed by atoms with Crippen LogP contribution < -0.4 is 10.2 Å². The Balaban J connectivity index is 1.83. The molecule has 0 atom stereocenters. The van der Waals surface area contributed by atoms with E-state index in [4.69, 9.17) is 0 Å². The molecule has 2 aromatic carbocycles. The first kappa shape index (κ1) is 16.0. The van der Waals surface area contributed by atoms with Crippen molar-refractivity contribution in [2.24, 2.45) is 0 Å². The van der Waals surface area contributed by atoms with E-state index in [1.165, 1.54) is 6.07 Å². The Morgan fingerprint density at radius 3 is 2.58 bits per heavy atom. The predicted octanol–water partition coefficient (Wildman–Crippen LogP) is 3.12. The third-order valence-electron chi connectivity index (χ3n) is 4.02. The smallest absolute Gasteiger partial charge is 0.293 e. The first-order chi connectivity index (χ1) is 11.5. The number of hydrogen-bond donors (Lipinski definition) is 1. The molecule has 1 saturated carbocycles. The third kappa shape index (κ3) is 3.71. The lowest BCUT2D eigenvalue weighted by atomic mass is 10.1. The molecule has 0 heterocycles. The highest BCUT2D eigenvalue weighted by atomic mass is 16.6. The van der Waals surface area contributed by atoms with Gasteiger partial charge in [-0.3, -0.25) is 14.9 Å². The number of nitro benzene ring substituents is 1. The van der Waals surface area contributed by atoms with Crippen LogP contribution in [0.1, 0.15) is 28.8 Å². The maximum absolute atomic E-state index is 12.1. The zero-order valence-corrected chi connectivity index (χ0v) is 13.4. The minimum absolute atomic E-state index is 0.0584. The summed E-state index contributed by atoms with van der Waals surface area (Å²) in [7, 11) is 1.80. The molecule has 124 valence electrons. The number of rotatable bonds is 6. The molecular weight excluding hydrogens is 306 g/mol. The van der Waals surface area contributed by atoms with Crippen LogP contribution in [0.25, 0.3) is 0 Å². The summed E-state index contributed by atoms with van der Waals surface area (Å²) < 4.78 is 0. The highest BCUT2D eigenvalue weighted by Gasteiger charge is 2.25. The number of hydrogen-bond acceptors (Lipinski definition) is 4. The Hall–Kier alpha value is -2.89. The number of nitro groups is 1. The van der Waals surface area contributed by atoms with Crippen LogP contribution >= 0.6 is 0 Å². The van der Waals surface area contributed by atoms with Gasteiger partial charge in [-0.25, -0.2) is 0 Å². The number of benzene rings is 2. The van der Waals surface area contributed by atoms with Crippen LogP contribution in [0.5, 0.6) is 0 Å². The molecule has 1 aliphatic carbocycles. The summed E-state index contributed by atoms with van der Waals surface area (Å²) in [5, 5.41) is 14.3. The van der Waals surface area contributed by atoms with Gasteiger partial charge < -0.3 is 10.2 Å². The monoisotopic (exact) mass is 325 g/mol. The number of carbonyl (C=O) groups is 1. The van der Waals surface area contributed by atoms with Crippen molar-refractivity contribution in [3.63, 3.8) is 0 Å². The molecule has 1 aliphatic rings. The molecule has 1 amide bonds. The molecule has 0 spiro atoms. The summed E-state index contributed by atoms with van der Waals surface area (Å²) in [4.78, 5) is 24.9. The summed E-state index contributed by atoms with van der Waals surface area (Å²) in [6.07, 6.45) is 1.96. The Bertz CT molecular complexity index is 757. The van der Waals surface area contributed by atoms with Gasteiger partial charge in [0.15, 0.2) is 0 Å². The van der Waals surface area contributed by atoms with E-state index in [0.717, 1.165) is 18.4 Å². The van der Waals surface area contributed by atoms with E-state index >= 15 is 0 Å². The van der Waals surface area contributed by atoms with Crippen molar-refractivity contribution in [2.45, 2.75) is 25.4 Å². The highest BCUT2D eigenvalue weighted by molar-refractivity contribution is 5.96. The summed E-state index contributed by atoms with van der Waals surface area (Å²) in [5.41, 5.74) is 1.82. The second-order valence-corrected chi connectivity index (χ2v) is 6.05. The van der Waals surface area contributed by atoms with Gasteiger partial charge in [-0.1, -0.05) is 30.3 Å². The Morgan fingerprint density at radius 1 is 1.25 bits per heavy atom. The van der Waals surface area contributed by atoms with Gasteiger partial charge in [0.1, 0.15) is 5.69 Å². The van der Waals surface area contributed by atoms with Crippen LogP contribution in [0.3, 0.4) is 0 Å². The zero-order chi connectivity index (χ0) is 17.1. The molecule has 1 fully saturated rings. The van der Waals surface area contributed by atoms with Gasteiger partial charge in [-0.05, 0) is 30.5 Å². The largest absolute Gasteiger partial charge is 0.365 e. The van der Waals surface area contributed by atoms with E-state index in [-0.39, 0.29) is 17.6 Å². The standard InChI is InChI=1S/C18H19N3O3/c1-20(12-13-5-3-2-4-6-13)16-10-7-14(11-17(16)21(23)24)18(22)19-15-8-9-15/h2-7,10-11,15H,8-9,12H2,1H3,(H,19,22). The fourth-order valence-corrected chi connectivity index (χ4v) is 2.57. The quantitative estimate of drug-likeness (QED) is 0.654. The Kier molecular flexibility index (Phi) is 4.46. The maximum atomic E-state index is 12.1. The molecule has 24 heavy (non-hydrogen) atoms. The molecular formula is C18H19N3O3. The molecule has 0 unspecified atom stereocenters. The zero-order valence-electron chi connectivity index (χ0n) is 13.4. The molecule has 2 aromatic rings. The molecule has 0 aliphatic heterocycles. The molecule has 0 aromatic heterocycles. The summed E-state index contributed by atoms with van der Waals surface area (Å²) >= 11 is 0. The molecule has 0 radical (unpaired) electrons. The Morgan fingerprint density at radius 2 is 1.96 bits per heavy atom. The molecule has 6 heteroatoms. The molecule has 0 saturated heterocycles. The van der Waals surface area contributed by atoms with Crippen molar-refractivity contribution in [1.82, 2.24) is 5.32 Å². The lowest BCUT2D eigenvalue weighted by Gasteiger charge is -2.19. The lowest BCUT2D eigenvalue weighted by molar-refractivity contribution is -0.384. The summed E-state index contributed by atoms with van der Waals surface area (Å²) in [6, 6.07) is 14.6. The van der Waals surface area contributed by atoms with Gasteiger partial charge in [0.2, 0.25) is 0 Å². The SMILES string of the molecule is CN(Cc1ccccc1)c1ccc(C(=O)NC2CC2)cc1[N+](=O)[O-]. The van der Waals surface area contributed by atoms with E-state index in [0.29, 0.717) is 17.8 Å². The van der Waals surface area contributed by atoms with Crippen molar-refractivity contribution >= 4 is 17.3 Å². The molecule has 1 N–H and O–H groups in total. The fraction of sp³-hybridized carbons (Fsp3) is 0.278. The summed E-state index contributed by atoms with van der Waals surface area (Å²) in [5.74, 6) is -0.252. The average Bonchev–Trinajstić information content (AvgIpc) is 3.39. The van der Waals surface area contributed by atoms with Crippen LogP contribution in [0.4, 0.5) is 11.4 Å². The van der Waals surface area contributed by atoms with E-state index in [1.54, 1.807) is 19.2 Å². The number of nitrogens with zero attached hydrogens (tertiary/aromatic N) is 2. The van der Waals surface area contributed by atoms with Gasteiger partial charge in [-0.2, -0.15) is 0 Å². The van der Waals surface area contributed by atoms with Gasteiger partial charge in [0, 0.05) is 31.3 Å². The van der Waals surface area contributed by atoms with Gasteiger partial charge in [-0.15, -0.1) is 0 Å². The van der Waals surface area contributed by atoms with Crippen LogP contribution in [-0.2, 0) is 6.54 Å². The van der Waals surface area contributed by atoms with E-state index < -0.39 is 4.92 Å². The third-order valence-corrected chi connectivity index (χ3v) is 4.02. The summed E-state index contributed by atoms with van der Waals surface area (Å²) in [6.45, 7) is 0.551. The van der Waals surface area contributed by atoms with E-state index in [1.807, 2.05) is 35.2 Å². The number of amides is 1. The average molecular weight is 325 g/mol. The van der Waals surface area contributed by atoms with Crippen LogP contribution in [0.2, 0.25) is 0 Å². The highest BCUT2D eigenvalue weighted by Crippen LogP contribution is 2.30. The normalized spacial score (nSPS) is 13.4. The van der Waals surface area contributed by atoms with Crippen molar-refractivity contribution in [1.29, 1.82) is 0 Å². The minimum atomic E-state index is -0.440. The first-order valence-corrected chi connectivity index (χ1v) is 7.89. The van der Waals surface area contributed by atoms with E-state index in [9.17, 15) is 14.9 Å². The molecule has 6 nitrogen and oxygen atoms in total. The fourth-order valence-electron chi connectivity index (χ4n) is 2.57. The minimum Gasteiger partial charge on any atom is -0.365 e. The van der Waals surface area contributed by atoms with Crippen molar-refractivity contribution in [3.8, 4) is 0 Å². The van der Waals surface area contributed by atoms with E-state index in [2.05, 4.69) is 5.32 Å². The van der Waals surface area contributed by atoms with Gasteiger partial charge in [0.25, 0.3) is 11.6 Å². The van der Waals surface area contributed by atoms with Crippen LogP contribution in [0, 0.1) is 10.1 Å². The first-order valence-electron chi connectivity index (χ1n) is 7.89. The number of nitrogens with one attached hydrogen (secondary N) is 1. The van der Waals surface area contributed by atoms with Gasteiger partial charge >= 0.3 is 0 Å². The molecule has 0 bridgehead atoms. The van der Waals surface area contributed by atoms with Gasteiger partial charge in [0.05, 0.1) is 4.92 Å². The number of anilines is 1. The van der Waals surface area contributed by atoms with Crippen molar-refractivity contribution in [3.05, 3.63) is 69.8 Å². The van der Waals surface area contributed by atoms with Crippen molar-refractivity contribution in [2.75, 3.05) is 11.9 Å². The van der Waals surface area contributed by atoms with Crippen molar-refractivity contribution < 1.29 is 9.72 Å². The Labute approximate surface area is 140 Å². The lowest BCUT2D eigenvalue weighted by Crippen LogP contribution is -2.25.